The molecule has 1 fully saturated rings. The van der Waals surface area contributed by atoms with Gasteiger partial charge in [0.25, 0.3) is 11.6 Å². The molecule has 0 spiro atoms. The predicted octanol–water partition coefficient (Wildman–Crippen LogP) is 0.955. The van der Waals surface area contributed by atoms with E-state index in [0.717, 1.165) is 0 Å². The molecule has 22 heavy (non-hydrogen) atoms. The molecule has 2 N–H and O–H groups in total. The van der Waals surface area contributed by atoms with Gasteiger partial charge in [0, 0.05) is 43.1 Å². The minimum atomic E-state index is -1.79. The molecule has 0 aliphatic carbocycles. The van der Waals surface area contributed by atoms with Crippen molar-refractivity contribution in [2.24, 2.45) is 0 Å². The molecule has 2 rings (SSSR count). The quantitative estimate of drug-likeness (QED) is 0.633. The van der Waals surface area contributed by atoms with Crippen LogP contribution in [0.5, 0.6) is 0 Å². The van der Waals surface area contributed by atoms with Crippen LogP contribution < -0.4 is 0 Å². The number of hydrogen-bond donors (Lipinski definition) is 2. The van der Waals surface area contributed by atoms with Crippen LogP contribution in [0.15, 0.2) is 18.2 Å². The third kappa shape index (κ3) is 2.91. The van der Waals surface area contributed by atoms with Gasteiger partial charge < -0.3 is 15.1 Å². The fourth-order valence-corrected chi connectivity index (χ4v) is 2.47. The molecule has 8 nitrogen and oxygen atoms in total. The van der Waals surface area contributed by atoms with Gasteiger partial charge in [0.2, 0.25) is 0 Å². The highest BCUT2D eigenvalue weighted by Gasteiger charge is 2.40. The topological polar surface area (TPSA) is 121 Å². The van der Waals surface area contributed by atoms with Gasteiger partial charge in [-0.3, -0.25) is 14.9 Å². The van der Waals surface area contributed by atoms with Crippen molar-refractivity contribution in [2.75, 3.05) is 13.1 Å². The molecule has 1 aliphatic heterocycles. The van der Waals surface area contributed by atoms with E-state index in [9.17, 15) is 24.8 Å². The number of likely N-dealkylation sites (tertiary alicyclic amines) is 1. The van der Waals surface area contributed by atoms with E-state index >= 15 is 0 Å². The molecule has 1 heterocycles. The lowest BCUT2D eigenvalue weighted by Crippen LogP contribution is -2.50. The Kier molecular flexibility index (Phi) is 4.14. The van der Waals surface area contributed by atoms with Crippen molar-refractivity contribution in [3.8, 4) is 0 Å². The van der Waals surface area contributed by atoms with Gasteiger partial charge in [-0.1, -0.05) is 0 Å². The SMILES string of the molecule is Cc1cc(C(=O)N2CCC(O)(C(=O)O)CC2)ccc1[N+](=O)[O-]. The number of carbonyl (C=O) groups excluding carboxylic acids is 1. The number of rotatable bonds is 3. The summed E-state index contributed by atoms with van der Waals surface area (Å²) in [7, 11) is 0. The highest BCUT2D eigenvalue weighted by Crippen LogP contribution is 2.25. The normalized spacial score (nSPS) is 17.1. The summed E-state index contributed by atoms with van der Waals surface area (Å²) >= 11 is 0. The average molecular weight is 308 g/mol. The van der Waals surface area contributed by atoms with Crippen molar-refractivity contribution in [1.29, 1.82) is 0 Å². The Bertz CT molecular complexity index is 634. The maximum atomic E-state index is 12.3. The van der Waals surface area contributed by atoms with Crippen molar-refractivity contribution in [3.05, 3.63) is 39.4 Å². The van der Waals surface area contributed by atoms with E-state index in [0.29, 0.717) is 11.1 Å². The summed E-state index contributed by atoms with van der Waals surface area (Å²) in [6.07, 6.45) is -0.0833. The van der Waals surface area contributed by atoms with Crippen molar-refractivity contribution in [1.82, 2.24) is 4.90 Å². The standard InChI is InChI=1S/C14H16N2O6/c1-9-8-10(2-3-11(9)16(21)22)12(17)15-6-4-14(20,5-7-15)13(18)19/h2-3,8,20H,4-7H2,1H3,(H,18,19). The van der Waals surface area contributed by atoms with Crippen LogP contribution in [0.1, 0.15) is 28.8 Å². The fraction of sp³-hybridized carbons (Fsp3) is 0.429. The Hall–Kier alpha value is -2.48. The number of piperidine rings is 1. The Labute approximate surface area is 126 Å². The van der Waals surface area contributed by atoms with Crippen LogP contribution in [0.4, 0.5) is 5.69 Å². The van der Waals surface area contributed by atoms with Crippen molar-refractivity contribution in [2.45, 2.75) is 25.4 Å². The van der Waals surface area contributed by atoms with Crippen LogP contribution in [0, 0.1) is 17.0 Å². The zero-order valence-electron chi connectivity index (χ0n) is 12.0. The second-order valence-electron chi connectivity index (χ2n) is 5.39. The van der Waals surface area contributed by atoms with Crippen LogP contribution in [0.25, 0.3) is 0 Å². The van der Waals surface area contributed by atoms with Gasteiger partial charge in [-0.15, -0.1) is 0 Å². The molecule has 1 aromatic carbocycles. The van der Waals surface area contributed by atoms with E-state index in [-0.39, 0.29) is 37.5 Å². The number of hydrogen-bond acceptors (Lipinski definition) is 5. The Morgan fingerprint density at radius 1 is 1.32 bits per heavy atom. The molecule has 8 heteroatoms. The van der Waals surface area contributed by atoms with Crippen LogP contribution in [0.2, 0.25) is 0 Å². The monoisotopic (exact) mass is 308 g/mol. The first-order valence-corrected chi connectivity index (χ1v) is 6.75. The number of amides is 1. The molecule has 0 aromatic heterocycles. The van der Waals surface area contributed by atoms with Gasteiger partial charge in [0.1, 0.15) is 0 Å². The molecule has 1 amide bonds. The van der Waals surface area contributed by atoms with Gasteiger partial charge in [-0.05, 0) is 19.1 Å². The highest BCUT2D eigenvalue weighted by molar-refractivity contribution is 5.95. The van der Waals surface area contributed by atoms with E-state index in [1.807, 2.05) is 0 Å². The van der Waals surface area contributed by atoms with Gasteiger partial charge in [0.05, 0.1) is 4.92 Å². The van der Waals surface area contributed by atoms with E-state index in [4.69, 9.17) is 5.11 Å². The summed E-state index contributed by atoms with van der Waals surface area (Å²) in [6, 6.07) is 4.10. The lowest BCUT2D eigenvalue weighted by Gasteiger charge is -2.35. The lowest BCUT2D eigenvalue weighted by atomic mass is 9.91. The van der Waals surface area contributed by atoms with Gasteiger partial charge in [-0.2, -0.15) is 0 Å². The van der Waals surface area contributed by atoms with Gasteiger partial charge in [-0.25, -0.2) is 4.79 Å². The Morgan fingerprint density at radius 3 is 2.36 bits per heavy atom. The number of benzene rings is 1. The zero-order valence-corrected chi connectivity index (χ0v) is 12.0. The Morgan fingerprint density at radius 2 is 1.91 bits per heavy atom. The van der Waals surface area contributed by atoms with E-state index in [2.05, 4.69) is 0 Å². The zero-order chi connectivity index (χ0) is 16.5. The highest BCUT2D eigenvalue weighted by atomic mass is 16.6. The number of nitro benzene ring substituents is 1. The number of aliphatic hydroxyl groups is 1. The maximum Gasteiger partial charge on any atom is 0.335 e. The number of aliphatic carboxylic acids is 1. The molecule has 118 valence electrons. The number of carboxylic acids is 1. The van der Waals surface area contributed by atoms with Crippen molar-refractivity contribution < 1.29 is 24.7 Å². The summed E-state index contributed by atoms with van der Waals surface area (Å²) < 4.78 is 0. The Balaban J connectivity index is 2.12. The largest absolute Gasteiger partial charge is 0.479 e. The minimum absolute atomic E-state index is 0.0416. The molecular weight excluding hydrogens is 292 g/mol. The number of carboxylic acid groups (broad SMARTS) is 1. The van der Waals surface area contributed by atoms with Crippen molar-refractivity contribution in [3.63, 3.8) is 0 Å². The molecule has 0 bridgehead atoms. The van der Waals surface area contributed by atoms with E-state index in [1.54, 1.807) is 6.92 Å². The van der Waals surface area contributed by atoms with Gasteiger partial charge >= 0.3 is 5.97 Å². The molecule has 1 aliphatic rings. The van der Waals surface area contributed by atoms with Crippen LogP contribution >= 0.6 is 0 Å². The summed E-state index contributed by atoms with van der Waals surface area (Å²) in [5, 5.41) is 29.6. The van der Waals surface area contributed by atoms with Crippen LogP contribution in [-0.4, -0.2) is 50.6 Å². The average Bonchev–Trinajstić information content (AvgIpc) is 2.46. The van der Waals surface area contributed by atoms with Crippen LogP contribution in [-0.2, 0) is 4.79 Å². The summed E-state index contributed by atoms with van der Waals surface area (Å²) in [5.41, 5.74) is -1.16. The number of carbonyl (C=O) groups is 2. The number of nitro groups is 1. The second kappa shape index (κ2) is 5.72. The molecule has 0 saturated carbocycles. The first-order valence-electron chi connectivity index (χ1n) is 6.75. The first kappa shape index (κ1) is 15.9. The minimum Gasteiger partial charge on any atom is -0.479 e. The van der Waals surface area contributed by atoms with E-state index in [1.165, 1.54) is 23.1 Å². The predicted molar refractivity (Wildman–Crippen MR) is 75.6 cm³/mol. The summed E-state index contributed by atoms with van der Waals surface area (Å²) in [4.78, 5) is 35.0. The van der Waals surface area contributed by atoms with E-state index < -0.39 is 16.5 Å². The molecule has 0 unspecified atom stereocenters. The summed E-state index contributed by atoms with van der Waals surface area (Å²) in [6.45, 7) is 1.80. The molecule has 0 atom stereocenters. The third-order valence-corrected chi connectivity index (χ3v) is 3.92. The fourth-order valence-electron chi connectivity index (χ4n) is 2.47. The molecule has 0 radical (unpaired) electrons. The van der Waals surface area contributed by atoms with Crippen LogP contribution in [0.3, 0.4) is 0 Å². The maximum absolute atomic E-state index is 12.3. The second-order valence-corrected chi connectivity index (χ2v) is 5.39. The molecule has 1 saturated heterocycles. The lowest BCUT2D eigenvalue weighted by molar-refractivity contribution is -0.385. The number of aryl methyl sites for hydroxylation is 1. The molecule has 1 aromatic rings. The van der Waals surface area contributed by atoms with Crippen molar-refractivity contribution >= 4 is 17.6 Å². The van der Waals surface area contributed by atoms with Gasteiger partial charge in [0.15, 0.2) is 5.60 Å². The number of nitrogens with zero attached hydrogens (tertiary/aromatic N) is 2. The first-order chi connectivity index (χ1) is 10.2. The summed E-state index contributed by atoms with van der Waals surface area (Å²) in [5.74, 6) is -1.61. The smallest absolute Gasteiger partial charge is 0.335 e. The molecular formula is C14H16N2O6. The third-order valence-electron chi connectivity index (χ3n) is 3.92.